The number of aryl methyl sites for hydroxylation is 2. The number of morpholine rings is 1. The van der Waals surface area contributed by atoms with E-state index in [0.29, 0.717) is 24.3 Å². The van der Waals surface area contributed by atoms with E-state index in [0.717, 1.165) is 55.4 Å². The maximum Gasteiger partial charge on any atom is 0.159 e. The van der Waals surface area contributed by atoms with Gasteiger partial charge >= 0.3 is 0 Å². The molecule has 3 aromatic rings. The van der Waals surface area contributed by atoms with E-state index in [4.69, 9.17) is 24.5 Å². The summed E-state index contributed by atoms with van der Waals surface area (Å²) in [4.78, 5) is 14.2. The molecular weight excluding hydrogens is 456 g/mol. The summed E-state index contributed by atoms with van der Waals surface area (Å²) in [5, 5.41) is 15.5. The van der Waals surface area contributed by atoms with Crippen LogP contribution in [0.2, 0.25) is 0 Å². The second-order valence-corrected chi connectivity index (χ2v) is 10.6. The zero-order valence-corrected chi connectivity index (χ0v) is 21.4. The number of anilines is 1. The molecule has 1 aromatic carbocycles. The van der Waals surface area contributed by atoms with E-state index in [-0.39, 0.29) is 18.8 Å². The predicted octanol–water partition coefficient (Wildman–Crippen LogP) is 2.60. The molecule has 2 unspecified atom stereocenters. The average molecular weight is 493 g/mol. The first-order valence-electron chi connectivity index (χ1n) is 13.2. The maximum absolute atomic E-state index is 9.66. The van der Waals surface area contributed by atoms with Crippen LogP contribution in [-0.2, 0) is 9.47 Å². The van der Waals surface area contributed by atoms with Crippen molar-refractivity contribution >= 4 is 16.7 Å². The van der Waals surface area contributed by atoms with Crippen LogP contribution in [0.3, 0.4) is 0 Å². The minimum absolute atomic E-state index is 0.00293. The molecular formula is C27H36N6O3. The number of aliphatic hydroxyl groups excluding tert-OH is 1. The van der Waals surface area contributed by atoms with Crippen molar-refractivity contribution in [3.8, 4) is 5.82 Å². The second kappa shape index (κ2) is 9.70. The van der Waals surface area contributed by atoms with Gasteiger partial charge in [0.2, 0.25) is 0 Å². The quantitative estimate of drug-likeness (QED) is 0.582. The Balaban J connectivity index is 1.30. The monoisotopic (exact) mass is 492 g/mol. The van der Waals surface area contributed by atoms with Crippen LogP contribution in [0.4, 0.5) is 5.82 Å². The van der Waals surface area contributed by atoms with Gasteiger partial charge in [-0.2, -0.15) is 5.10 Å². The molecule has 1 N–H and O–H groups in total. The third-order valence-corrected chi connectivity index (χ3v) is 7.94. The molecule has 5 heterocycles. The summed E-state index contributed by atoms with van der Waals surface area (Å²) in [5.41, 5.74) is 3.84. The number of benzene rings is 1. The Kier molecular flexibility index (Phi) is 6.41. The highest BCUT2D eigenvalue weighted by Crippen LogP contribution is 2.34. The fraction of sp³-hybridized carbons (Fsp3) is 0.593. The molecule has 0 amide bonds. The normalized spacial score (nSPS) is 24.4. The molecule has 0 radical (unpaired) electrons. The van der Waals surface area contributed by atoms with Gasteiger partial charge in [-0.1, -0.05) is 0 Å². The number of ether oxygens (including phenoxy) is 2. The number of rotatable bonds is 5. The highest BCUT2D eigenvalue weighted by Gasteiger charge is 2.31. The summed E-state index contributed by atoms with van der Waals surface area (Å²) < 4.78 is 13.2. The minimum atomic E-state index is -0.216. The van der Waals surface area contributed by atoms with Gasteiger partial charge in [-0.15, -0.1) is 0 Å². The number of likely N-dealkylation sites (tertiary alicyclic amines) is 1. The smallest absolute Gasteiger partial charge is 0.159 e. The summed E-state index contributed by atoms with van der Waals surface area (Å²) in [6.45, 7) is 11.5. The summed E-state index contributed by atoms with van der Waals surface area (Å²) in [6, 6.07) is 7.23. The molecule has 0 aliphatic carbocycles. The Bertz CT molecular complexity index is 1230. The number of nitrogens with zero attached hydrogens (tertiary/aromatic N) is 6. The molecule has 2 atom stereocenters. The molecule has 3 fully saturated rings. The third kappa shape index (κ3) is 4.49. The van der Waals surface area contributed by atoms with Gasteiger partial charge < -0.3 is 19.5 Å². The van der Waals surface area contributed by atoms with E-state index in [1.165, 1.54) is 24.0 Å². The van der Waals surface area contributed by atoms with E-state index in [2.05, 4.69) is 28.9 Å². The number of aromatic nitrogens is 4. The van der Waals surface area contributed by atoms with Gasteiger partial charge in [0.15, 0.2) is 5.82 Å². The molecule has 9 heteroatoms. The standard InChI is InChI=1S/C27H36N6O3/c1-17-8-21-11-28-33(25(21)9-24(17)20-4-6-31(7-5-20)22-15-35-16-22)27-10-26(29-19(3)30-27)32-12-18(2)36-23(13-32)14-34/h8-11,18,20,22-23,34H,4-7,12-16H2,1-3H3. The van der Waals surface area contributed by atoms with Crippen molar-refractivity contribution < 1.29 is 14.6 Å². The molecule has 0 spiro atoms. The van der Waals surface area contributed by atoms with Crippen LogP contribution in [0.5, 0.6) is 0 Å². The fourth-order valence-corrected chi connectivity index (χ4v) is 5.98. The van der Waals surface area contributed by atoms with Crippen LogP contribution in [0.1, 0.15) is 42.6 Å². The Morgan fingerprint density at radius 2 is 1.81 bits per heavy atom. The summed E-state index contributed by atoms with van der Waals surface area (Å²) in [5.74, 6) is 2.87. The van der Waals surface area contributed by atoms with Gasteiger partial charge in [0.05, 0.1) is 49.8 Å². The van der Waals surface area contributed by atoms with Crippen LogP contribution in [0.25, 0.3) is 16.7 Å². The Labute approximate surface area is 212 Å². The molecule has 3 saturated heterocycles. The average Bonchev–Trinajstić information content (AvgIpc) is 3.25. The van der Waals surface area contributed by atoms with Crippen molar-refractivity contribution in [3.05, 3.63) is 41.3 Å². The molecule has 9 nitrogen and oxygen atoms in total. The lowest BCUT2D eigenvalue weighted by atomic mass is 9.85. The maximum atomic E-state index is 9.66. The van der Waals surface area contributed by atoms with Gasteiger partial charge in [0.1, 0.15) is 11.6 Å². The van der Waals surface area contributed by atoms with E-state index >= 15 is 0 Å². The van der Waals surface area contributed by atoms with Crippen LogP contribution < -0.4 is 4.90 Å². The number of aliphatic hydroxyl groups is 1. The summed E-state index contributed by atoms with van der Waals surface area (Å²) in [6.07, 6.45) is 4.09. The van der Waals surface area contributed by atoms with Gasteiger partial charge in [0.25, 0.3) is 0 Å². The number of hydrogen-bond acceptors (Lipinski definition) is 8. The molecule has 36 heavy (non-hydrogen) atoms. The molecule has 3 aliphatic heterocycles. The third-order valence-electron chi connectivity index (χ3n) is 7.94. The van der Waals surface area contributed by atoms with Crippen molar-refractivity contribution in [1.82, 2.24) is 24.6 Å². The highest BCUT2D eigenvalue weighted by molar-refractivity contribution is 5.82. The lowest BCUT2D eigenvalue weighted by molar-refractivity contribution is -0.0712. The van der Waals surface area contributed by atoms with Crippen molar-refractivity contribution in [2.45, 2.75) is 57.8 Å². The molecule has 0 bridgehead atoms. The Morgan fingerprint density at radius 1 is 1.03 bits per heavy atom. The second-order valence-electron chi connectivity index (χ2n) is 10.6. The van der Waals surface area contributed by atoms with Crippen LogP contribution in [-0.4, -0.2) is 94.0 Å². The summed E-state index contributed by atoms with van der Waals surface area (Å²) in [7, 11) is 0. The molecule has 0 saturated carbocycles. The van der Waals surface area contributed by atoms with E-state index in [1.807, 2.05) is 30.8 Å². The van der Waals surface area contributed by atoms with Crippen molar-refractivity contribution in [2.24, 2.45) is 0 Å². The number of hydrogen-bond donors (Lipinski definition) is 1. The van der Waals surface area contributed by atoms with Gasteiger partial charge in [-0.05, 0) is 75.9 Å². The zero-order valence-electron chi connectivity index (χ0n) is 21.4. The van der Waals surface area contributed by atoms with Crippen LogP contribution >= 0.6 is 0 Å². The first-order valence-corrected chi connectivity index (χ1v) is 13.2. The van der Waals surface area contributed by atoms with Crippen molar-refractivity contribution in [3.63, 3.8) is 0 Å². The van der Waals surface area contributed by atoms with E-state index in [1.54, 1.807) is 0 Å². The highest BCUT2D eigenvalue weighted by atomic mass is 16.5. The number of fused-ring (bicyclic) bond motifs is 1. The first-order chi connectivity index (χ1) is 17.5. The van der Waals surface area contributed by atoms with Crippen molar-refractivity contribution in [2.75, 3.05) is 50.9 Å². The zero-order chi connectivity index (χ0) is 24.8. The first kappa shape index (κ1) is 23.8. The Hall–Kier alpha value is -2.59. The summed E-state index contributed by atoms with van der Waals surface area (Å²) >= 11 is 0. The topological polar surface area (TPSA) is 88.8 Å². The number of piperidine rings is 1. The van der Waals surface area contributed by atoms with Crippen molar-refractivity contribution in [1.29, 1.82) is 0 Å². The Morgan fingerprint density at radius 3 is 2.53 bits per heavy atom. The minimum Gasteiger partial charge on any atom is -0.394 e. The van der Waals surface area contributed by atoms with Gasteiger partial charge in [-0.25, -0.2) is 14.6 Å². The SMILES string of the molecule is Cc1nc(N2CC(C)OC(CO)C2)cc(-n2ncc3cc(C)c(C4CCN(C5COC5)CC4)cc32)n1. The predicted molar refractivity (Wildman–Crippen MR) is 138 cm³/mol. The van der Waals surface area contributed by atoms with Crippen LogP contribution in [0.15, 0.2) is 24.4 Å². The van der Waals surface area contributed by atoms with Crippen LogP contribution in [0, 0.1) is 13.8 Å². The van der Waals surface area contributed by atoms with Gasteiger partial charge in [0, 0.05) is 24.5 Å². The molecule has 2 aromatic heterocycles. The van der Waals surface area contributed by atoms with E-state index in [9.17, 15) is 5.11 Å². The molecule has 3 aliphatic rings. The van der Waals surface area contributed by atoms with E-state index < -0.39 is 0 Å². The molecule has 6 rings (SSSR count). The lowest BCUT2D eigenvalue weighted by Crippen LogP contribution is -2.51. The fourth-order valence-electron chi connectivity index (χ4n) is 5.98. The largest absolute Gasteiger partial charge is 0.394 e. The molecule has 192 valence electrons. The van der Waals surface area contributed by atoms with Gasteiger partial charge in [-0.3, -0.25) is 4.90 Å². The lowest BCUT2D eigenvalue weighted by Gasteiger charge is -2.41.